The lowest BCUT2D eigenvalue weighted by Gasteiger charge is -2.20. The van der Waals surface area contributed by atoms with E-state index in [0.717, 1.165) is 40.3 Å². The molecule has 0 aliphatic rings. The van der Waals surface area contributed by atoms with E-state index >= 15 is 0 Å². The van der Waals surface area contributed by atoms with E-state index in [1.54, 1.807) is 0 Å². The van der Waals surface area contributed by atoms with E-state index in [4.69, 9.17) is 21.6 Å². The Morgan fingerprint density at radius 3 is 2.33 bits per heavy atom. The highest BCUT2D eigenvalue weighted by atomic mass is 35.5. The summed E-state index contributed by atoms with van der Waals surface area (Å²) >= 11 is 6.04. The van der Waals surface area contributed by atoms with E-state index in [1.807, 2.05) is 48.7 Å². The fourth-order valence-electron chi connectivity index (χ4n) is 3.58. The zero-order valence-electron chi connectivity index (χ0n) is 17.3. The minimum atomic E-state index is 0.686. The molecule has 0 aliphatic heterocycles. The van der Waals surface area contributed by atoms with Crippen LogP contribution in [-0.4, -0.2) is 28.9 Å². The Morgan fingerprint density at radius 2 is 1.63 bits per heavy atom. The summed E-state index contributed by atoms with van der Waals surface area (Å²) in [6.07, 6.45) is 1.88. The Balaban J connectivity index is 1.64. The van der Waals surface area contributed by atoms with E-state index in [-0.39, 0.29) is 0 Å². The monoisotopic (exact) mass is 416 g/mol. The largest absolute Gasteiger partial charge is 0.372 e. The molecule has 0 unspecified atom stereocenters. The standard InChI is InChI=1S/C25H25ClN4/c1-3-29(4-2)22-15-11-19(12-16-22)17-27-25-28-23-7-5-6-8-24(23)30(25)18-20-9-13-21(26)14-10-20/h5-17H,3-4,18H2,1-2H3/b27-17+. The average molecular weight is 417 g/mol. The van der Waals surface area contributed by atoms with Crippen molar-refractivity contribution in [3.8, 4) is 0 Å². The van der Waals surface area contributed by atoms with Gasteiger partial charge in [-0.2, -0.15) is 0 Å². The summed E-state index contributed by atoms with van der Waals surface area (Å²) in [5.41, 5.74) is 5.44. The van der Waals surface area contributed by atoms with Crippen molar-refractivity contribution >= 4 is 40.5 Å². The highest BCUT2D eigenvalue weighted by molar-refractivity contribution is 6.30. The van der Waals surface area contributed by atoms with Crippen LogP contribution in [0.2, 0.25) is 5.02 Å². The maximum atomic E-state index is 6.04. The minimum Gasteiger partial charge on any atom is -0.372 e. The number of imidazole rings is 1. The molecule has 1 heterocycles. The van der Waals surface area contributed by atoms with Crippen LogP contribution in [0.25, 0.3) is 11.0 Å². The number of anilines is 1. The van der Waals surface area contributed by atoms with Crippen molar-refractivity contribution in [1.29, 1.82) is 0 Å². The summed E-state index contributed by atoms with van der Waals surface area (Å²) in [6.45, 7) is 7.02. The summed E-state index contributed by atoms with van der Waals surface area (Å²) in [5, 5.41) is 0.737. The summed E-state index contributed by atoms with van der Waals surface area (Å²) < 4.78 is 2.14. The first-order chi connectivity index (χ1) is 14.7. The summed E-state index contributed by atoms with van der Waals surface area (Å²) in [4.78, 5) is 11.8. The van der Waals surface area contributed by atoms with E-state index < -0.39 is 0 Å². The van der Waals surface area contributed by atoms with Crippen LogP contribution in [0.4, 0.5) is 11.6 Å². The number of rotatable bonds is 7. The van der Waals surface area contributed by atoms with E-state index in [2.05, 4.69) is 53.6 Å². The Kier molecular flexibility index (Phi) is 6.15. The fourth-order valence-corrected chi connectivity index (χ4v) is 3.71. The summed E-state index contributed by atoms with van der Waals surface area (Å²) in [5.74, 6) is 0.693. The molecular formula is C25H25ClN4. The number of hydrogen-bond acceptors (Lipinski definition) is 3. The molecule has 4 rings (SSSR count). The van der Waals surface area contributed by atoms with E-state index in [0.29, 0.717) is 12.5 Å². The van der Waals surface area contributed by atoms with Gasteiger partial charge in [0.1, 0.15) is 0 Å². The first-order valence-electron chi connectivity index (χ1n) is 10.3. The second kappa shape index (κ2) is 9.14. The minimum absolute atomic E-state index is 0.686. The third-order valence-electron chi connectivity index (χ3n) is 5.24. The maximum Gasteiger partial charge on any atom is 0.230 e. The zero-order chi connectivity index (χ0) is 20.9. The lowest BCUT2D eigenvalue weighted by atomic mass is 10.2. The quantitative estimate of drug-likeness (QED) is 0.329. The van der Waals surface area contributed by atoms with Crippen LogP contribution in [0.15, 0.2) is 77.8 Å². The lowest BCUT2D eigenvalue weighted by Crippen LogP contribution is -2.21. The number of aliphatic imine (C=N–C) groups is 1. The van der Waals surface area contributed by atoms with Gasteiger partial charge in [0.05, 0.1) is 17.6 Å². The van der Waals surface area contributed by atoms with Gasteiger partial charge in [-0.15, -0.1) is 0 Å². The molecule has 0 bridgehead atoms. The Hall–Kier alpha value is -3.11. The van der Waals surface area contributed by atoms with Crippen molar-refractivity contribution in [2.75, 3.05) is 18.0 Å². The number of halogens is 1. The molecule has 4 aromatic rings. The van der Waals surface area contributed by atoms with Crippen LogP contribution in [-0.2, 0) is 6.54 Å². The predicted molar refractivity (Wildman–Crippen MR) is 128 cm³/mol. The Morgan fingerprint density at radius 1 is 0.933 bits per heavy atom. The van der Waals surface area contributed by atoms with Crippen LogP contribution in [0, 0.1) is 0 Å². The van der Waals surface area contributed by atoms with Crippen molar-refractivity contribution in [3.05, 3.63) is 88.9 Å². The van der Waals surface area contributed by atoms with Crippen molar-refractivity contribution in [2.45, 2.75) is 20.4 Å². The van der Waals surface area contributed by atoms with Gasteiger partial charge in [0.25, 0.3) is 0 Å². The third-order valence-corrected chi connectivity index (χ3v) is 5.49. The fraction of sp³-hybridized carbons (Fsp3) is 0.200. The molecule has 0 aliphatic carbocycles. The van der Waals surface area contributed by atoms with Gasteiger partial charge in [-0.05, 0) is 61.4 Å². The highest BCUT2D eigenvalue weighted by Gasteiger charge is 2.10. The molecule has 0 spiro atoms. The van der Waals surface area contributed by atoms with Crippen LogP contribution < -0.4 is 4.90 Å². The van der Waals surface area contributed by atoms with Crippen LogP contribution in [0.5, 0.6) is 0 Å². The molecule has 0 fully saturated rings. The highest BCUT2D eigenvalue weighted by Crippen LogP contribution is 2.24. The van der Waals surface area contributed by atoms with Crippen molar-refractivity contribution in [2.24, 2.45) is 4.99 Å². The van der Waals surface area contributed by atoms with Gasteiger partial charge < -0.3 is 9.47 Å². The molecule has 0 atom stereocenters. The van der Waals surface area contributed by atoms with Crippen molar-refractivity contribution in [1.82, 2.24) is 9.55 Å². The zero-order valence-corrected chi connectivity index (χ0v) is 18.0. The second-order valence-corrected chi connectivity index (χ2v) is 7.57. The normalized spacial score (nSPS) is 11.4. The molecule has 5 heteroatoms. The van der Waals surface area contributed by atoms with Crippen LogP contribution in [0.1, 0.15) is 25.0 Å². The number of aromatic nitrogens is 2. The average Bonchev–Trinajstić information content (AvgIpc) is 3.13. The maximum absolute atomic E-state index is 6.04. The molecule has 0 saturated heterocycles. The number of fused-ring (bicyclic) bond motifs is 1. The van der Waals surface area contributed by atoms with Gasteiger partial charge in [-0.1, -0.05) is 48.0 Å². The van der Waals surface area contributed by atoms with Gasteiger partial charge in [0.15, 0.2) is 0 Å². The van der Waals surface area contributed by atoms with E-state index in [9.17, 15) is 0 Å². The number of nitrogens with zero attached hydrogens (tertiary/aromatic N) is 4. The smallest absolute Gasteiger partial charge is 0.230 e. The third kappa shape index (κ3) is 4.39. The molecule has 0 radical (unpaired) electrons. The summed E-state index contributed by atoms with van der Waals surface area (Å²) in [7, 11) is 0. The second-order valence-electron chi connectivity index (χ2n) is 7.14. The van der Waals surface area contributed by atoms with Gasteiger partial charge in [-0.3, -0.25) is 0 Å². The molecule has 152 valence electrons. The predicted octanol–water partition coefficient (Wildman–Crippen LogP) is 6.33. The number of hydrogen-bond donors (Lipinski definition) is 0. The Labute approximate surface area is 182 Å². The first kappa shape index (κ1) is 20.2. The number of benzene rings is 3. The number of para-hydroxylation sites is 2. The SMILES string of the molecule is CCN(CC)c1ccc(/C=N/c2nc3ccccc3n2Cc2ccc(Cl)cc2)cc1. The van der Waals surface area contributed by atoms with Gasteiger partial charge >= 0.3 is 0 Å². The van der Waals surface area contributed by atoms with Gasteiger partial charge in [-0.25, -0.2) is 9.98 Å². The molecular weight excluding hydrogens is 392 g/mol. The molecule has 3 aromatic carbocycles. The van der Waals surface area contributed by atoms with E-state index in [1.165, 1.54) is 5.69 Å². The molecule has 1 aromatic heterocycles. The summed E-state index contributed by atoms with van der Waals surface area (Å²) in [6, 6.07) is 24.5. The Bertz CT molecular complexity index is 1140. The van der Waals surface area contributed by atoms with Crippen molar-refractivity contribution < 1.29 is 0 Å². The van der Waals surface area contributed by atoms with Crippen LogP contribution in [0.3, 0.4) is 0 Å². The topological polar surface area (TPSA) is 33.4 Å². The lowest BCUT2D eigenvalue weighted by molar-refractivity contribution is 0.827. The molecule has 30 heavy (non-hydrogen) atoms. The van der Waals surface area contributed by atoms with Crippen LogP contribution >= 0.6 is 11.6 Å². The van der Waals surface area contributed by atoms with Crippen molar-refractivity contribution in [3.63, 3.8) is 0 Å². The molecule has 0 N–H and O–H groups in total. The molecule has 0 saturated carbocycles. The van der Waals surface area contributed by atoms with Gasteiger partial charge in [0.2, 0.25) is 5.95 Å². The molecule has 4 nitrogen and oxygen atoms in total. The molecule has 0 amide bonds. The first-order valence-corrected chi connectivity index (χ1v) is 10.6. The van der Waals surface area contributed by atoms with Gasteiger partial charge in [0, 0.05) is 30.0 Å².